The zero-order valence-electron chi connectivity index (χ0n) is 14.3. The van der Waals surface area contributed by atoms with E-state index < -0.39 is 0 Å². The van der Waals surface area contributed by atoms with Gasteiger partial charge in [0.05, 0.1) is 5.92 Å². The van der Waals surface area contributed by atoms with Crippen molar-refractivity contribution >= 4 is 11.8 Å². The molecule has 2 amide bonds. The van der Waals surface area contributed by atoms with Crippen molar-refractivity contribution in [2.24, 2.45) is 17.3 Å². The minimum Gasteiger partial charge on any atom is -0.342 e. The molecule has 4 fully saturated rings. The molecule has 0 radical (unpaired) electrons. The van der Waals surface area contributed by atoms with Gasteiger partial charge < -0.3 is 9.80 Å². The second-order valence-electron chi connectivity index (χ2n) is 8.47. The first kappa shape index (κ1) is 15.5. The summed E-state index contributed by atoms with van der Waals surface area (Å²) < 4.78 is 0. The van der Waals surface area contributed by atoms with Gasteiger partial charge in [0, 0.05) is 32.1 Å². The Kier molecular flexibility index (Phi) is 4.10. The summed E-state index contributed by atoms with van der Waals surface area (Å²) in [5, 5.41) is 0. The van der Waals surface area contributed by atoms with Crippen molar-refractivity contribution in [2.45, 2.75) is 64.2 Å². The standard InChI is InChI=1S/C19H30N2O2/c22-17(15-6-7-15)20-11-4-5-16(13-20)18(23)21-12-10-19(14-21)8-2-1-3-9-19/h15-16H,1-14H2/t16-/m0/s1. The summed E-state index contributed by atoms with van der Waals surface area (Å²) in [5.41, 5.74) is 0.437. The van der Waals surface area contributed by atoms with Crippen molar-refractivity contribution < 1.29 is 9.59 Å². The fourth-order valence-corrected chi connectivity index (χ4v) is 5.06. The number of hydrogen-bond donors (Lipinski definition) is 0. The maximum absolute atomic E-state index is 13.0. The first-order chi connectivity index (χ1) is 11.2. The Morgan fingerprint density at radius 3 is 2.22 bits per heavy atom. The minimum absolute atomic E-state index is 0.0604. The van der Waals surface area contributed by atoms with Crippen LogP contribution in [0.1, 0.15) is 64.2 Å². The van der Waals surface area contributed by atoms with Crippen molar-refractivity contribution in [3.05, 3.63) is 0 Å². The van der Waals surface area contributed by atoms with Crippen LogP contribution in [0.5, 0.6) is 0 Å². The Bertz CT molecular complexity index is 480. The average Bonchev–Trinajstić information content (AvgIpc) is 3.37. The molecule has 0 bridgehead atoms. The highest BCUT2D eigenvalue weighted by Gasteiger charge is 2.43. The highest BCUT2D eigenvalue weighted by Crippen LogP contribution is 2.44. The van der Waals surface area contributed by atoms with E-state index in [0.29, 0.717) is 23.8 Å². The average molecular weight is 318 g/mol. The Balaban J connectivity index is 1.36. The van der Waals surface area contributed by atoms with Crippen LogP contribution in [0.25, 0.3) is 0 Å². The highest BCUT2D eigenvalue weighted by molar-refractivity contribution is 5.83. The molecule has 4 nitrogen and oxygen atoms in total. The maximum atomic E-state index is 13.0. The number of likely N-dealkylation sites (tertiary alicyclic amines) is 2. The van der Waals surface area contributed by atoms with E-state index >= 15 is 0 Å². The Morgan fingerprint density at radius 1 is 0.739 bits per heavy atom. The highest BCUT2D eigenvalue weighted by atomic mass is 16.2. The van der Waals surface area contributed by atoms with Crippen molar-refractivity contribution in [1.82, 2.24) is 9.80 Å². The van der Waals surface area contributed by atoms with Crippen LogP contribution >= 0.6 is 0 Å². The van der Waals surface area contributed by atoms with Gasteiger partial charge in [-0.1, -0.05) is 19.3 Å². The van der Waals surface area contributed by atoms with E-state index in [2.05, 4.69) is 4.90 Å². The molecule has 2 saturated heterocycles. The number of rotatable bonds is 2. The van der Waals surface area contributed by atoms with Crippen LogP contribution in [0, 0.1) is 17.3 Å². The maximum Gasteiger partial charge on any atom is 0.227 e. The SMILES string of the molecule is O=C(C1CC1)N1CCC[C@H](C(=O)N2CCC3(CCCCC3)C2)C1. The van der Waals surface area contributed by atoms with Crippen molar-refractivity contribution in [3.8, 4) is 0 Å². The van der Waals surface area contributed by atoms with Crippen LogP contribution in [0.3, 0.4) is 0 Å². The lowest BCUT2D eigenvalue weighted by Crippen LogP contribution is -2.47. The molecule has 0 aromatic rings. The van der Waals surface area contributed by atoms with Crippen molar-refractivity contribution in [1.29, 1.82) is 0 Å². The summed E-state index contributed by atoms with van der Waals surface area (Å²) in [6.45, 7) is 3.48. The Labute approximate surface area is 139 Å². The second kappa shape index (κ2) is 6.10. The van der Waals surface area contributed by atoms with E-state index in [-0.39, 0.29) is 11.8 Å². The van der Waals surface area contributed by atoms with E-state index in [1.807, 2.05) is 4.90 Å². The molecule has 2 aliphatic carbocycles. The summed E-state index contributed by atoms with van der Waals surface area (Å²) in [6, 6.07) is 0. The number of nitrogens with zero attached hydrogens (tertiary/aromatic N) is 2. The van der Waals surface area contributed by atoms with Gasteiger partial charge in [0.15, 0.2) is 0 Å². The summed E-state index contributed by atoms with van der Waals surface area (Å²) in [4.78, 5) is 29.4. The van der Waals surface area contributed by atoms with Crippen LogP contribution < -0.4 is 0 Å². The normalized spacial score (nSPS) is 30.7. The molecular weight excluding hydrogens is 288 g/mol. The van der Waals surface area contributed by atoms with Gasteiger partial charge in [-0.05, 0) is 50.4 Å². The third kappa shape index (κ3) is 3.14. The lowest BCUT2D eigenvalue weighted by atomic mass is 9.73. The molecule has 0 N–H and O–H groups in total. The first-order valence-corrected chi connectivity index (χ1v) is 9.74. The fourth-order valence-electron chi connectivity index (χ4n) is 5.06. The molecule has 1 spiro atoms. The summed E-state index contributed by atoms with van der Waals surface area (Å²) >= 11 is 0. The molecule has 1 atom stereocenters. The lowest BCUT2D eigenvalue weighted by Gasteiger charge is -2.36. The number of carbonyl (C=O) groups is 2. The number of carbonyl (C=O) groups excluding carboxylic acids is 2. The van der Waals surface area contributed by atoms with Gasteiger partial charge in [0.25, 0.3) is 0 Å². The largest absolute Gasteiger partial charge is 0.342 e. The van der Waals surface area contributed by atoms with Crippen LogP contribution in [0.4, 0.5) is 0 Å². The third-order valence-electron chi connectivity index (χ3n) is 6.67. The topological polar surface area (TPSA) is 40.6 Å². The van der Waals surface area contributed by atoms with Gasteiger partial charge in [0.1, 0.15) is 0 Å². The third-order valence-corrected chi connectivity index (χ3v) is 6.67. The summed E-state index contributed by atoms with van der Waals surface area (Å²) in [6.07, 6.45) is 12.0. The molecule has 23 heavy (non-hydrogen) atoms. The quantitative estimate of drug-likeness (QED) is 0.785. The van der Waals surface area contributed by atoms with Gasteiger partial charge in [-0.25, -0.2) is 0 Å². The predicted molar refractivity (Wildman–Crippen MR) is 88.7 cm³/mol. The molecule has 128 valence electrons. The molecule has 2 saturated carbocycles. The van der Waals surface area contributed by atoms with Gasteiger partial charge in [-0.15, -0.1) is 0 Å². The molecule has 0 unspecified atom stereocenters. The number of amides is 2. The Hall–Kier alpha value is -1.06. The van der Waals surface area contributed by atoms with Gasteiger partial charge in [0.2, 0.25) is 11.8 Å². The molecule has 4 rings (SSSR count). The van der Waals surface area contributed by atoms with Gasteiger partial charge in [-0.2, -0.15) is 0 Å². The van der Waals surface area contributed by atoms with Gasteiger partial charge >= 0.3 is 0 Å². The smallest absolute Gasteiger partial charge is 0.227 e. The van der Waals surface area contributed by atoms with Crippen LogP contribution in [-0.4, -0.2) is 47.8 Å². The van der Waals surface area contributed by atoms with E-state index in [0.717, 1.165) is 45.3 Å². The lowest BCUT2D eigenvalue weighted by molar-refractivity contribution is -0.141. The Morgan fingerprint density at radius 2 is 1.48 bits per heavy atom. The predicted octanol–water partition coefficient (Wildman–Crippen LogP) is 2.82. The van der Waals surface area contributed by atoms with Crippen LogP contribution in [0.2, 0.25) is 0 Å². The monoisotopic (exact) mass is 318 g/mol. The molecule has 2 heterocycles. The molecule has 4 aliphatic rings. The fraction of sp³-hybridized carbons (Fsp3) is 0.895. The first-order valence-electron chi connectivity index (χ1n) is 9.74. The van der Waals surface area contributed by atoms with E-state index in [1.54, 1.807) is 0 Å². The number of piperidine rings is 1. The zero-order chi connectivity index (χ0) is 15.9. The second-order valence-corrected chi connectivity index (χ2v) is 8.47. The number of hydrogen-bond acceptors (Lipinski definition) is 2. The van der Waals surface area contributed by atoms with Crippen molar-refractivity contribution in [2.75, 3.05) is 26.2 Å². The van der Waals surface area contributed by atoms with Crippen LogP contribution in [0.15, 0.2) is 0 Å². The summed E-state index contributed by atoms with van der Waals surface area (Å²) in [5.74, 6) is 0.986. The minimum atomic E-state index is 0.0604. The molecule has 2 aliphatic heterocycles. The van der Waals surface area contributed by atoms with Gasteiger partial charge in [-0.3, -0.25) is 9.59 Å². The molecular formula is C19H30N2O2. The van der Waals surface area contributed by atoms with Crippen molar-refractivity contribution in [3.63, 3.8) is 0 Å². The molecule has 0 aromatic heterocycles. The zero-order valence-corrected chi connectivity index (χ0v) is 14.3. The van der Waals surface area contributed by atoms with E-state index in [4.69, 9.17) is 0 Å². The van der Waals surface area contributed by atoms with E-state index in [1.165, 1.54) is 38.5 Å². The summed E-state index contributed by atoms with van der Waals surface area (Å²) in [7, 11) is 0. The molecule has 0 aromatic carbocycles. The van der Waals surface area contributed by atoms with E-state index in [9.17, 15) is 9.59 Å². The van der Waals surface area contributed by atoms with Crippen LogP contribution in [-0.2, 0) is 9.59 Å². The molecule has 4 heteroatoms.